The zero-order valence-electron chi connectivity index (χ0n) is 55.9. The number of carbonyl (C=O) groups is 7. The topological polar surface area (TPSA) is 733 Å². The van der Waals surface area contributed by atoms with Gasteiger partial charge in [-0.3, -0.25) is 70.2 Å². The molecular formula is C48H80N14O35P6S2. The van der Waals surface area contributed by atoms with Crippen molar-refractivity contribution in [2.45, 2.75) is 122 Å². The summed E-state index contributed by atoms with van der Waals surface area (Å²) < 4.78 is 123. The molecule has 2 fully saturated rings. The molecule has 5 amide bonds. The highest BCUT2D eigenvalue weighted by molar-refractivity contribution is 8.13. The highest BCUT2D eigenvalue weighted by Crippen LogP contribution is 2.63. The molecule has 4 unspecified atom stereocenters. The maximum Gasteiger partial charge on any atom is 0.481 e. The Morgan fingerprint density at radius 2 is 1.09 bits per heavy atom. The van der Waals surface area contributed by atoms with E-state index in [4.69, 9.17) is 39.0 Å². The lowest BCUT2D eigenvalue weighted by Crippen LogP contribution is -2.47. The van der Waals surface area contributed by atoms with Crippen molar-refractivity contribution in [3.8, 4) is 0 Å². The number of hydrogen-bond donors (Lipinski definition) is 19. The van der Waals surface area contributed by atoms with Gasteiger partial charge in [0.05, 0.1) is 39.2 Å². The number of aliphatic hydroxyl groups excluding tert-OH is 4. The van der Waals surface area contributed by atoms with Gasteiger partial charge < -0.3 is 107 Å². The molecule has 6 heterocycles. The first-order valence-corrected chi connectivity index (χ1v) is 40.8. The molecule has 0 bridgehead atoms. The number of Topliss-reactive ketones (excluding diaryl/α,β-unsaturated/α-hetero) is 1. The molecule has 3 aliphatic rings. The molecule has 14 atom stereocenters. The number of ether oxygens (including phenoxy) is 2. The van der Waals surface area contributed by atoms with Gasteiger partial charge in [-0.05, 0) is 6.92 Å². The van der Waals surface area contributed by atoms with Gasteiger partial charge in [0.1, 0.15) is 85.1 Å². The van der Waals surface area contributed by atoms with E-state index in [0.29, 0.717) is 18.1 Å². The van der Waals surface area contributed by atoms with Crippen molar-refractivity contribution in [1.29, 1.82) is 0 Å². The van der Waals surface area contributed by atoms with Gasteiger partial charge in [0, 0.05) is 68.3 Å². The number of hydrogen-bond acceptors (Lipinski definition) is 37. The van der Waals surface area contributed by atoms with Gasteiger partial charge >= 0.3 is 46.9 Å². The van der Waals surface area contributed by atoms with Crippen molar-refractivity contribution in [2.75, 3.05) is 92.0 Å². The monoisotopic (exact) mass is 1660 g/mol. The number of phosphoric ester groups is 6. The summed E-state index contributed by atoms with van der Waals surface area (Å²) in [5.74, 6) is -3.63. The summed E-state index contributed by atoms with van der Waals surface area (Å²) in [6, 6.07) is 0. The molecular weight excluding hydrogens is 1580 g/mol. The molecule has 49 nitrogen and oxygen atoms in total. The van der Waals surface area contributed by atoms with Gasteiger partial charge in [0.15, 0.2) is 40.7 Å². The third-order valence-corrected chi connectivity index (χ3v) is 21.6. The van der Waals surface area contributed by atoms with Crippen LogP contribution >= 0.6 is 71.3 Å². The van der Waals surface area contributed by atoms with Crippen LogP contribution in [0.15, 0.2) is 19.0 Å². The van der Waals surface area contributed by atoms with Crippen molar-refractivity contribution >= 4 is 146 Å². The minimum atomic E-state index is -5.63. The van der Waals surface area contributed by atoms with Crippen LogP contribution in [0, 0.1) is 10.8 Å². The molecule has 57 heteroatoms. The van der Waals surface area contributed by atoms with E-state index in [2.05, 4.69) is 76.5 Å². The number of amides is 5. The minimum Gasteiger partial charge on any atom is -0.386 e. The predicted molar refractivity (Wildman–Crippen MR) is 358 cm³/mol. The number of nitrogens with two attached hydrogens (primary N) is 2. The predicted octanol–water partition coefficient (Wildman–Crippen LogP) is -3.41. The quantitative estimate of drug-likeness (QED) is 0.0114. The van der Waals surface area contributed by atoms with E-state index >= 15 is 0 Å². The summed E-state index contributed by atoms with van der Waals surface area (Å²) in [5, 5.41) is 52.5. The van der Waals surface area contributed by atoms with Crippen LogP contribution in [0.2, 0.25) is 0 Å². The molecule has 3 aliphatic heterocycles. The normalized spacial score (nSPS) is 22.8. The minimum absolute atomic E-state index is 0.0310. The smallest absolute Gasteiger partial charge is 0.386 e. The standard InChI is InChI=1S/C25H42N7O18P3S.C23H38N7O17P3S/c1-13(33)8-16(35)31-12-32(22-17(31)21(26)29-11-30-22)24-18(36)19(49-51(39,40)41)14(48-24)9-46-52(42,43)50-53(44,45)47-10-25(2,3)20(37)23(38)28-5-4-15(34)27-6-7-54;1-12(31)51-7-6-25-14(32)4-5-26-21(35)18(34)23(2,3)9-44-50(41,42)47-49(39,40)43-8-13-17(46-48(36,37)38)16(33)22(45-13)30-11-29-15-19(24)27-10-28-20(15)30/h11,14,18-20,24,36-37,54H,4-10,12H2,1-3H3,(H,27,34)(H,28,38)(H,42,43)(H,44,45)(H2,26,29,30)(H2,39,40,41);10-11,13,16-18,22,33-34H,4-9H2,1-3H3,(H,25,32)(H,26,35)(H,39,40)(H,41,42)(H2,24,27,28)(H2,36,37,38)/t14-,18-,19-,20+,24-;13-,16-,17-,18+,22-/m11/s1. The first kappa shape index (κ1) is 90.5. The third kappa shape index (κ3) is 27.8. The first-order chi connectivity index (χ1) is 48.4. The Morgan fingerprint density at radius 3 is 1.55 bits per heavy atom. The van der Waals surface area contributed by atoms with E-state index in [1.807, 2.05) is 0 Å². The Labute approximate surface area is 604 Å². The molecule has 20 N–H and O–H groups in total. The average molecular weight is 1660 g/mol. The maximum absolute atomic E-state index is 12.9. The van der Waals surface area contributed by atoms with Gasteiger partial charge in [-0.2, -0.15) is 21.3 Å². The molecule has 105 heavy (non-hydrogen) atoms. The number of aliphatic hydroxyl groups is 4. The second-order valence-corrected chi connectivity index (χ2v) is 34.1. The third-order valence-electron chi connectivity index (χ3n) is 14.3. The van der Waals surface area contributed by atoms with Crippen molar-refractivity contribution < 1.29 is 166 Å². The van der Waals surface area contributed by atoms with Crippen LogP contribution in [0.4, 0.5) is 23.1 Å². The van der Waals surface area contributed by atoms with Gasteiger partial charge in [-0.15, -0.1) is 0 Å². The van der Waals surface area contributed by atoms with Crippen LogP contribution < -0.4 is 42.5 Å². The van der Waals surface area contributed by atoms with Crippen LogP contribution in [0.3, 0.4) is 0 Å². The van der Waals surface area contributed by atoms with E-state index < -0.39 is 188 Å². The van der Waals surface area contributed by atoms with Gasteiger partial charge in [0.25, 0.3) is 0 Å². The number of ketones is 1. The average Bonchev–Trinajstić information content (AvgIpc) is 1.60. The second-order valence-electron chi connectivity index (χ2n) is 23.9. The fraction of sp³-hybridized carbons (Fsp3) is 0.667. The highest BCUT2D eigenvalue weighted by Gasteiger charge is 2.55. The SMILES string of the molecule is CC(=O)CC(=O)N1CN([C@@H]2O[C@H](COP(=O)(O)OP(=O)(O)OCC(C)(C)[C@@H](O)C(=O)NCCC(=O)NCCS)[C@@H](OP(=O)(O)O)[C@H]2O)c2ncnc(N)c21.CC(=O)SCCNC(=O)CCNC(=O)[C@H](O)C(C)(C)COP(=O)(O)OP(=O)(O)OC[C@H]1O[C@@H](n2cnc3c(N)ncnc32)[C@H](O)[C@@H]1OP(=O)(O)O. The number of rotatable bonds is 39. The molecule has 594 valence electrons. The number of nitrogens with one attached hydrogen (secondary N) is 4. The molecule has 0 aliphatic carbocycles. The fourth-order valence-electron chi connectivity index (χ4n) is 9.29. The number of fused-ring (bicyclic) bond motifs is 2. The Bertz CT molecular complexity index is 3900. The summed E-state index contributed by atoms with van der Waals surface area (Å²) in [6.45, 7) is 3.11. The second kappa shape index (κ2) is 38.0. The van der Waals surface area contributed by atoms with E-state index in [1.54, 1.807) is 0 Å². The fourth-order valence-corrected chi connectivity index (χ4v) is 15.5. The summed E-state index contributed by atoms with van der Waals surface area (Å²) in [7, 11) is -32.9. The number of thioether (sulfide) groups is 1. The van der Waals surface area contributed by atoms with Gasteiger partial charge in [-0.1, -0.05) is 39.5 Å². The molecule has 0 radical (unpaired) electrons. The van der Waals surface area contributed by atoms with Crippen LogP contribution in [-0.4, -0.2) is 255 Å². The summed E-state index contributed by atoms with van der Waals surface area (Å²) in [5.41, 5.74) is 8.50. The van der Waals surface area contributed by atoms with E-state index in [9.17, 15) is 121 Å². The number of anilines is 4. The lowest BCUT2D eigenvalue weighted by atomic mass is 9.87. The highest BCUT2D eigenvalue weighted by atomic mass is 32.2. The number of aromatic nitrogens is 6. The van der Waals surface area contributed by atoms with Crippen LogP contribution in [0.1, 0.15) is 67.0 Å². The first-order valence-electron chi connectivity index (χ1n) is 30.2. The molecule has 3 aromatic heterocycles. The van der Waals surface area contributed by atoms with E-state index in [0.717, 1.165) is 52.0 Å². The zero-order valence-corrected chi connectivity index (χ0v) is 63.0. The van der Waals surface area contributed by atoms with Crippen molar-refractivity contribution in [1.82, 2.24) is 50.8 Å². The lowest BCUT2D eigenvalue weighted by Gasteiger charge is -2.30. The molecule has 3 aromatic rings. The van der Waals surface area contributed by atoms with E-state index in [1.165, 1.54) is 34.6 Å². The molecule has 0 aromatic carbocycles. The number of phosphoric acid groups is 6. The largest absolute Gasteiger partial charge is 0.481 e. The number of nitrogens with zero attached hydrogens (tertiary/aromatic N) is 8. The summed E-state index contributed by atoms with van der Waals surface area (Å²) in [6.07, 6.45) is -16.0. The van der Waals surface area contributed by atoms with Crippen molar-refractivity contribution in [3.05, 3.63) is 19.0 Å². The zero-order chi connectivity index (χ0) is 79.2. The number of nitrogen functional groups attached to an aromatic ring is 2. The molecule has 0 saturated carbocycles. The Kier molecular flexibility index (Phi) is 32.8. The maximum atomic E-state index is 12.9. The molecule has 2 saturated heterocycles. The van der Waals surface area contributed by atoms with E-state index in [-0.39, 0.29) is 77.8 Å². The number of thiol groups is 1. The lowest BCUT2D eigenvalue weighted by molar-refractivity contribution is -0.137. The van der Waals surface area contributed by atoms with Crippen LogP contribution in [0.25, 0.3) is 11.2 Å². The number of imidazole rings is 1. The number of carbonyl (C=O) groups excluding carboxylic acids is 7. The van der Waals surface area contributed by atoms with Crippen LogP contribution in [0.5, 0.6) is 0 Å². The van der Waals surface area contributed by atoms with Crippen molar-refractivity contribution in [2.24, 2.45) is 10.8 Å². The Hall–Kier alpha value is -5.08. The summed E-state index contributed by atoms with van der Waals surface area (Å²) >= 11 is 4.97. The Balaban J connectivity index is 0.000000378. The van der Waals surface area contributed by atoms with Gasteiger partial charge in [0.2, 0.25) is 29.5 Å². The Morgan fingerprint density at radius 1 is 0.638 bits per heavy atom. The summed E-state index contributed by atoms with van der Waals surface area (Å²) in [4.78, 5) is 184. The molecule has 6 rings (SSSR count). The van der Waals surface area contributed by atoms with Crippen molar-refractivity contribution in [3.63, 3.8) is 0 Å². The molecule has 0 spiro atoms. The van der Waals surface area contributed by atoms with Gasteiger partial charge in [-0.25, -0.2) is 52.3 Å². The van der Waals surface area contributed by atoms with Crippen LogP contribution in [-0.2, 0) is 106 Å².